The van der Waals surface area contributed by atoms with Crippen LogP contribution in [0.4, 0.5) is 5.69 Å². The number of methoxy groups -OCH3 is 1. The summed E-state index contributed by atoms with van der Waals surface area (Å²) in [6.07, 6.45) is 0.0638. The van der Waals surface area contributed by atoms with Crippen LogP contribution in [0.1, 0.15) is 12.8 Å². The van der Waals surface area contributed by atoms with Gasteiger partial charge in [-0.25, -0.2) is 13.9 Å². The van der Waals surface area contributed by atoms with Crippen LogP contribution < -0.4 is 10.4 Å². The molecule has 1 aromatic rings. The first-order valence-corrected chi connectivity index (χ1v) is 12.4. The number of carbonyl (C=O) groups excluding carboxylic acids is 1. The van der Waals surface area contributed by atoms with Crippen molar-refractivity contribution in [2.45, 2.75) is 22.5 Å². The van der Waals surface area contributed by atoms with Gasteiger partial charge in [0.15, 0.2) is 4.75 Å². The number of ether oxygens (including phenoxy) is 2. The summed E-state index contributed by atoms with van der Waals surface area (Å²) in [4.78, 5) is 15.6. The van der Waals surface area contributed by atoms with Crippen LogP contribution in [0.2, 0.25) is 0 Å². The lowest BCUT2D eigenvalue weighted by Gasteiger charge is -2.42. The van der Waals surface area contributed by atoms with Gasteiger partial charge in [-0.2, -0.15) is 4.31 Å². The van der Waals surface area contributed by atoms with E-state index in [0.717, 1.165) is 16.3 Å². The number of halogens is 1. The molecule has 0 spiro atoms. The van der Waals surface area contributed by atoms with E-state index in [1.807, 2.05) is 12.1 Å². The van der Waals surface area contributed by atoms with Gasteiger partial charge < -0.3 is 14.4 Å². The van der Waals surface area contributed by atoms with Crippen LogP contribution in [0.15, 0.2) is 29.2 Å². The fourth-order valence-electron chi connectivity index (χ4n) is 3.83. The van der Waals surface area contributed by atoms with Crippen LogP contribution in [0, 0.1) is 0 Å². The Hall–Kier alpha value is -1.08. The topological polar surface area (TPSA) is 108 Å². The second kappa shape index (κ2) is 11.7. The van der Waals surface area contributed by atoms with E-state index in [-0.39, 0.29) is 51.6 Å². The molecule has 0 aromatic heterocycles. The fraction of sp³-hybridized carbons (Fsp3) is 0.632. The third-order valence-electron chi connectivity index (χ3n) is 5.65. The molecule has 9 nitrogen and oxygen atoms in total. The number of thioether (sulfide) groups is 1. The zero-order chi connectivity index (χ0) is 21.6. The first kappa shape index (κ1) is 26.2. The summed E-state index contributed by atoms with van der Waals surface area (Å²) in [6.45, 7) is 2.67. The molecule has 2 saturated heterocycles. The number of piperazine rings is 1. The number of rotatable bonds is 8. The summed E-state index contributed by atoms with van der Waals surface area (Å²) < 4.78 is 36.7. The zero-order valence-electron chi connectivity index (χ0n) is 17.5. The zero-order valence-corrected chi connectivity index (χ0v) is 19.9. The van der Waals surface area contributed by atoms with Gasteiger partial charge in [0.05, 0.1) is 6.61 Å². The lowest BCUT2D eigenvalue weighted by atomic mass is 9.98. The third kappa shape index (κ3) is 5.65. The molecule has 0 aliphatic carbocycles. The van der Waals surface area contributed by atoms with Gasteiger partial charge in [-0.05, 0) is 24.3 Å². The van der Waals surface area contributed by atoms with Gasteiger partial charge in [-0.3, -0.25) is 10.0 Å². The third-order valence-corrected chi connectivity index (χ3v) is 9.25. The Morgan fingerprint density at radius 3 is 2.35 bits per heavy atom. The van der Waals surface area contributed by atoms with E-state index in [4.69, 9.17) is 14.7 Å². The molecule has 2 heterocycles. The number of nitrogens with one attached hydrogen (secondary N) is 1. The monoisotopic (exact) mass is 495 g/mol. The summed E-state index contributed by atoms with van der Waals surface area (Å²) in [5.74, 6) is 0.00965. The Kier molecular flexibility index (Phi) is 9.87. The minimum atomic E-state index is -3.94. The Morgan fingerprint density at radius 1 is 1.19 bits per heavy atom. The first-order valence-electron chi connectivity index (χ1n) is 9.93. The highest BCUT2D eigenvalue weighted by Crippen LogP contribution is 2.34. The second-order valence-corrected chi connectivity index (χ2v) is 10.7. The Morgan fingerprint density at radius 2 is 1.81 bits per heavy atom. The number of sulfonamides is 1. The minimum Gasteiger partial charge on any atom is -0.384 e. The summed E-state index contributed by atoms with van der Waals surface area (Å²) in [5.41, 5.74) is 2.60. The molecule has 2 N–H and O–H groups in total. The van der Waals surface area contributed by atoms with E-state index >= 15 is 0 Å². The molecule has 2 fully saturated rings. The van der Waals surface area contributed by atoms with Crippen molar-refractivity contribution < 1.29 is 27.9 Å². The molecule has 3 rings (SSSR count). The molecule has 0 radical (unpaired) electrons. The van der Waals surface area contributed by atoms with Gasteiger partial charge in [-0.15, -0.1) is 24.2 Å². The van der Waals surface area contributed by atoms with Crippen LogP contribution in [-0.2, 0) is 24.3 Å². The van der Waals surface area contributed by atoms with Crippen LogP contribution in [-0.4, -0.2) is 87.4 Å². The summed E-state index contributed by atoms with van der Waals surface area (Å²) in [7, 11) is -2.26. The van der Waals surface area contributed by atoms with Crippen molar-refractivity contribution in [1.82, 2.24) is 9.79 Å². The summed E-state index contributed by atoms with van der Waals surface area (Å²) in [6, 6.07) is 8.19. The molecular weight excluding hydrogens is 466 g/mol. The minimum absolute atomic E-state index is 0. The maximum absolute atomic E-state index is 13.3. The highest BCUT2D eigenvalue weighted by atomic mass is 35.5. The van der Waals surface area contributed by atoms with E-state index in [0.29, 0.717) is 19.7 Å². The van der Waals surface area contributed by atoms with Crippen molar-refractivity contribution in [3.05, 3.63) is 24.3 Å². The van der Waals surface area contributed by atoms with Crippen molar-refractivity contribution in [1.29, 1.82) is 0 Å². The van der Waals surface area contributed by atoms with Gasteiger partial charge in [0.2, 0.25) is 10.0 Å². The fourth-order valence-corrected chi connectivity index (χ4v) is 6.75. The van der Waals surface area contributed by atoms with Crippen molar-refractivity contribution >= 4 is 45.8 Å². The Labute approximate surface area is 193 Å². The van der Waals surface area contributed by atoms with E-state index in [2.05, 4.69) is 17.0 Å². The standard InChI is InChI=1S/C19H29N3O6S2.ClH/c1-27-14-15-29-17-4-2-16(3-5-17)21-8-10-22(11-9-21)30(25,26)19(18(23)20-24)6-12-28-13-7-19;/h2-5,24H,6-15H2,1H3,(H,20,23);1H. The van der Waals surface area contributed by atoms with E-state index in [9.17, 15) is 13.2 Å². The van der Waals surface area contributed by atoms with Crippen LogP contribution in [0.3, 0.4) is 0 Å². The van der Waals surface area contributed by atoms with Gasteiger partial charge in [0.25, 0.3) is 5.91 Å². The van der Waals surface area contributed by atoms with E-state index in [1.54, 1.807) is 24.4 Å². The number of anilines is 1. The molecule has 176 valence electrons. The highest BCUT2D eigenvalue weighted by Gasteiger charge is 2.54. The van der Waals surface area contributed by atoms with Crippen LogP contribution in [0.25, 0.3) is 0 Å². The number of benzene rings is 1. The quantitative estimate of drug-likeness (QED) is 0.241. The largest absolute Gasteiger partial charge is 0.384 e. The molecule has 31 heavy (non-hydrogen) atoms. The summed E-state index contributed by atoms with van der Waals surface area (Å²) in [5, 5.41) is 9.15. The number of nitrogens with zero attached hydrogens (tertiary/aromatic N) is 2. The van der Waals surface area contributed by atoms with E-state index in [1.165, 1.54) is 4.31 Å². The molecular formula is C19H30ClN3O6S2. The number of hydroxylamine groups is 1. The molecule has 0 saturated carbocycles. The number of amides is 1. The van der Waals surface area contributed by atoms with Crippen molar-refractivity contribution in [2.24, 2.45) is 0 Å². The van der Waals surface area contributed by atoms with Crippen molar-refractivity contribution in [3.63, 3.8) is 0 Å². The predicted octanol–water partition coefficient (Wildman–Crippen LogP) is 1.35. The first-order chi connectivity index (χ1) is 14.4. The normalized spacial score (nSPS) is 19.5. The van der Waals surface area contributed by atoms with Gasteiger partial charge in [0, 0.05) is 75.7 Å². The maximum Gasteiger partial charge on any atom is 0.266 e. The van der Waals surface area contributed by atoms with Crippen molar-refractivity contribution in [3.8, 4) is 0 Å². The lowest BCUT2D eigenvalue weighted by Crippen LogP contribution is -2.62. The smallest absolute Gasteiger partial charge is 0.266 e. The Bertz CT molecular complexity index is 810. The summed E-state index contributed by atoms with van der Waals surface area (Å²) >= 11 is 1.72. The number of hydrogen-bond donors (Lipinski definition) is 2. The Balaban J connectivity index is 0.00000341. The van der Waals surface area contributed by atoms with Crippen molar-refractivity contribution in [2.75, 3.05) is 63.8 Å². The molecule has 1 amide bonds. The number of hydrogen-bond acceptors (Lipinski definition) is 8. The van der Waals surface area contributed by atoms with Crippen LogP contribution in [0.5, 0.6) is 0 Å². The average Bonchev–Trinajstić information content (AvgIpc) is 2.79. The van der Waals surface area contributed by atoms with Crippen LogP contribution >= 0.6 is 24.2 Å². The van der Waals surface area contributed by atoms with Gasteiger partial charge in [0.1, 0.15) is 0 Å². The highest BCUT2D eigenvalue weighted by molar-refractivity contribution is 7.99. The average molecular weight is 496 g/mol. The molecule has 1 aromatic carbocycles. The molecule has 12 heteroatoms. The second-order valence-electron chi connectivity index (χ2n) is 7.27. The molecule has 2 aliphatic rings. The molecule has 0 bridgehead atoms. The van der Waals surface area contributed by atoms with E-state index < -0.39 is 20.7 Å². The predicted molar refractivity (Wildman–Crippen MR) is 122 cm³/mol. The molecule has 0 atom stereocenters. The van der Waals surface area contributed by atoms with Gasteiger partial charge in [-0.1, -0.05) is 0 Å². The SMILES string of the molecule is COCCSc1ccc(N2CCN(S(=O)(=O)C3(C(=O)NO)CCOCC3)CC2)cc1.Cl. The molecule has 0 unspecified atom stereocenters. The molecule has 2 aliphatic heterocycles. The van der Waals surface area contributed by atoms with Gasteiger partial charge >= 0.3 is 0 Å². The maximum atomic E-state index is 13.3. The number of carbonyl (C=O) groups is 1. The lowest BCUT2D eigenvalue weighted by molar-refractivity contribution is -0.134.